The molecule has 0 fully saturated rings. The van der Waals surface area contributed by atoms with Crippen LogP contribution in [-0.2, 0) is 6.42 Å². The topological polar surface area (TPSA) is 54.7 Å². The molecule has 0 spiro atoms. The zero-order valence-corrected chi connectivity index (χ0v) is 12.8. The fraction of sp³-hybridized carbons (Fsp3) is 0.211. The van der Waals surface area contributed by atoms with Crippen molar-refractivity contribution in [3.8, 4) is 11.3 Å². The molecular weight excluding hydrogens is 270 g/mol. The maximum Gasteiger partial charge on any atom is 0.0923 e. The molecule has 0 bridgehead atoms. The molecule has 112 valence electrons. The van der Waals surface area contributed by atoms with Crippen molar-refractivity contribution < 1.29 is 0 Å². The van der Waals surface area contributed by atoms with Gasteiger partial charge in [-0.2, -0.15) is 5.10 Å². The lowest BCUT2D eigenvalue weighted by atomic mass is 9.94. The normalized spacial score (nSPS) is 12.3. The average Bonchev–Trinajstić information content (AvgIpc) is 3.07. The molecule has 3 heteroatoms. The molecule has 0 saturated carbocycles. The summed E-state index contributed by atoms with van der Waals surface area (Å²) >= 11 is 0. The van der Waals surface area contributed by atoms with E-state index in [1.165, 1.54) is 11.1 Å². The third-order valence-corrected chi connectivity index (χ3v) is 4.07. The summed E-state index contributed by atoms with van der Waals surface area (Å²) in [6.07, 6.45) is 1.05. The molecule has 3 nitrogen and oxygen atoms in total. The van der Waals surface area contributed by atoms with Crippen LogP contribution in [0.2, 0.25) is 0 Å². The van der Waals surface area contributed by atoms with E-state index in [4.69, 9.17) is 5.73 Å². The van der Waals surface area contributed by atoms with Crippen molar-refractivity contribution in [3.63, 3.8) is 0 Å². The molecule has 1 heterocycles. The molecule has 0 saturated heterocycles. The van der Waals surface area contributed by atoms with Crippen molar-refractivity contribution >= 4 is 0 Å². The molecule has 0 aliphatic carbocycles. The lowest BCUT2D eigenvalue weighted by molar-refractivity contribution is 0.779. The van der Waals surface area contributed by atoms with Gasteiger partial charge in [0.25, 0.3) is 0 Å². The second-order valence-corrected chi connectivity index (χ2v) is 5.46. The predicted octanol–water partition coefficient (Wildman–Crippen LogP) is 3.73. The summed E-state index contributed by atoms with van der Waals surface area (Å²) in [6.45, 7) is 2.72. The van der Waals surface area contributed by atoms with Crippen molar-refractivity contribution in [2.24, 2.45) is 5.73 Å². The predicted molar refractivity (Wildman–Crippen MR) is 90.7 cm³/mol. The Morgan fingerprint density at radius 2 is 1.77 bits per heavy atom. The standard InChI is InChI=1S/C19H21N3/c1-2-14-8-10-15(11-9-14)17(13-20)19-12-18(21-22-19)16-6-4-3-5-7-16/h3-12,17H,2,13,20H2,1H3,(H,21,22). The molecule has 3 N–H and O–H groups in total. The van der Waals surface area contributed by atoms with Crippen molar-refractivity contribution in [2.75, 3.05) is 6.54 Å². The van der Waals surface area contributed by atoms with E-state index < -0.39 is 0 Å². The van der Waals surface area contributed by atoms with Crippen LogP contribution in [0.5, 0.6) is 0 Å². The molecule has 3 aromatic rings. The molecule has 1 aromatic heterocycles. The van der Waals surface area contributed by atoms with Gasteiger partial charge in [-0.3, -0.25) is 5.10 Å². The number of H-pyrrole nitrogens is 1. The minimum absolute atomic E-state index is 0.149. The van der Waals surface area contributed by atoms with Crippen LogP contribution in [0.3, 0.4) is 0 Å². The van der Waals surface area contributed by atoms with Crippen LogP contribution in [0.15, 0.2) is 60.7 Å². The van der Waals surface area contributed by atoms with Crippen molar-refractivity contribution in [1.82, 2.24) is 10.2 Å². The van der Waals surface area contributed by atoms with Crippen LogP contribution >= 0.6 is 0 Å². The quantitative estimate of drug-likeness (QED) is 0.752. The average molecular weight is 291 g/mol. The Morgan fingerprint density at radius 1 is 1.05 bits per heavy atom. The minimum atomic E-state index is 0.149. The number of nitrogens with two attached hydrogens (primary N) is 1. The van der Waals surface area contributed by atoms with E-state index in [2.05, 4.69) is 59.6 Å². The van der Waals surface area contributed by atoms with Crippen molar-refractivity contribution in [2.45, 2.75) is 19.3 Å². The van der Waals surface area contributed by atoms with E-state index >= 15 is 0 Å². The highest BCUT2D eigenvalue weighted by atomic mass is 15.1. The highest BCUT2D eigenvalue weighted by Crippen LogP contribution is 2.26. The van der Waals surface area contributed by atoms with Gasteiger partial charge in [0.2, 0.25) is 0 Å². The van der Waals surface area contributed by atoms with E-state index in [0.29, 0.717) is 6.54 Å². The molecular formula is C19H21N3. The van der Waals surface area contributed by atoms with Gasteiger partial charge in [-0.05, 0) is 23.6 Å². The van der Waals surface area contributed by atoms with Gasteiger partial charge in [0.15, 0.2) is 0 Å². The Kier molecular flexibility index (Phi) is 4.35. The fourth-order valence-corrected chi connectivity index (χ4v) is 2.70. The molecule has 0 aliphatic rings. The summed E-state index contributed by atoms with van der Waals surface area (Å²) in [4.78, 5) is 0. The van der Waals surface area contributed by atoms with Gasteiger partial charge < -0.3 is 5.73 Å². The number of hydrogen-bond acceptors (Lipinski definition) is 2. The van der Waals surface area contributed by atoms with Crippen LogP contribution in [0.25, 0.3) is 11.3 Å². The van der Waals surface area contributed by atoms with Crippen LogP contribution in [-0.4, -0.2) is 16.7 Å². The van der Waals surface area contributed by atoms with E-state index in [1.54, 1.807) is 0 Å². The first-order valence-electron chi connectivity index (χ1n) is 7.71. The Morgan fingerprint density at radius 3 is 2.41 bits per heavy atom. The zero-order valence-electron chi connectivity index (χ0n) is 12.8. The third kappa shape index (κ3) is 2.95. The largest absolute Gasteiger partial charge is 0.329 e. The summed E-state index contributed by atoms with van der Waals surface area (Å²) < 4.78 is 0. The minimum Gasteiger partial charge on any atom is -0.329 e. The molecule has 0 aliphatic heterocycles. The summed E-state index contributed by atoms with van der Waals surface area (Å²) in [6, 6.07) is 21.0. The number of aryl methyl sites for hydroxylation is 1. The molecule has 1 atom stereocenters. The number of nitrogens with one attached hydrogen (secondary N) is 1. The smallest absolute Gasteiger partial charge is 0.0923 e. The van der Waals surface area contributed by atoms with Crippen LogP contribution in [0.1, 0.15) is 29.7 Å². The maximum absolute atomic E-state index is 6.01. The van der Waals surface area contributed by atoms with Crippen LogP contribution in [0.4, 0.5) is 0 Å². The van der Waals surface area contributed by atoms with E-state index in [-0.39, 0.29) is 5.92 Å². The Labute approximate surface area is 131 Å². The van der Waals surface area contributed by atoms with Gasteiger partial charge in [0.1, 0.15) is 0 Å². The molecule has 0 amide bonds. The van der Waals surface area contributed by atoms with Gasteiger partial charge in [0.05, 0.1) is 5.69 Å². The zero-order chi connectivity index (χ0) is 15.4. The number of hydrogen-bond donors (Lipinski definition) is 2. The number of aromatic nitrogens is 2. The highest BCUT2D eigenvalue weighted by molar-refractivity contribution is 5.59. The molecule has 2 aromatic carbocycles. The van der Waals surface area contributed by atoms with Gasteiger partial charge in [-0.15, -0.1) is 0 Å². The first kappa shape index (κ1) is 14.5. The molecule has 3 rings (SSSR count). The van der Waals surface area contributed by atoms with E-state index in [9.17, 15) is 0 Å². The third-order valence-electron chi connectivity index (χ3n) is 4.07. The van der Waals surface area contributed by atoms with Crippen LogP contribution < -0.4 is 5.73 Å². The van der Waals surface area contributed by atoms with E-state index in [0.717, 1.165) is 23.4 Å². The van der Waals surface area contributed by atoms with E-state index in [1.807, 2.05) is 18.2 Å². The summed E-state index contributed by atoms with van der Waals surface area (Å²) in [5.74, 6) is 0.149. The monoisotopic (exact) mass is 291 g/mol. The summed E-state index contributed by atoms with van der Waals surface area (Å²) in [7, 11) is 0. The molecule has 1 unspecified atom stereocenters. The Balaban J connectivity index is 1.89. The first-order valence-corrected chi connectivity index (χ1v) is 7.71. The Hall–Kier alpha value is -2.39. The molecule has 0 radical (unpaired) electrons. The first-order chi connectivity index (χ1) is 10.8. The molecule has 22 heavy (non-hydrogen) atoms. The van der Waals surface area contributed by atoms with Gasteiger partial charge in [-0.1, -0.05) is 61.5 Å². The second kappa shape index (κ2) is 6.58. The lowest BCUT2D eigenvalue weighted by Gasteiger charge is -2.13. The number of benzene rings is 2. The van der Waals surface area contributed by atoms with Crippen molar-refractivity contribution in [1.29, 1.82) is 0 Å². The number of nitrogens with zero attached hydrogens (tertiary/aromatic N) is 1. The highest BCUT2D eigenvalue weighted by Gasteiger charge is 2.15. The second-order valence-electron chi connectivity index (χ2n) is 5.46. The number of rotatable bonds is 5. The van der Waals surface area contributed by atoms with Gasteiger partial charge in [0, 0.05) is 23.7 Å². The lowest BCUT2D eigenvalue weighted by Crippen LogP contribution is -2.14. The van der Waals surface area contributed by atoms with Crippen molar-refractivity contribution in [3.05, 3.63) is 77.5 Å². The maximum atomic E-state index is 6.01. The summed E-state index contributed by atoms with van der Waals surface area (Å²) in [5, 5.41) is 7.59. The van der Waals surface area contributed by atoms with Gasteiger partial charge >= 0.3 is 0 Å². The van der Waals surface area contributed by atoms with Crippen LogP contribution in [0, 0.1) is 0 Å². The summed E-state index contributed by atoms with van der Waals surface area (Å²) in [5.41, 5.74) is 11.7. The SMILES string of the molecule is CCc1ccc(C(CN)c2cc(-c3ccccc3)n[nH]2)cc1. The Bertz CT molecular complexity index is 714. The fourth-order valence-electron chi connectivity index (χ4n) is 2.70. The number of aromatic amines is 1. The van der Waals surface area contributed by atoms with Gasteiger partial charge in [-0.25, -0.2) is 0 Å².